The summed E-state index contributed by atoms with van der Waals surface area (Å²) in [7, 11) is 1.73. The molecule has 7 heteroatoms. The third-order valence-electron chi connectivity index (χ3n) is 4.54. The molecule has 1 atom stereocenters. The number of ether oxygens (including phenoxy) is 1. The Kier molecular flexibility index (Phi) is 6.52. The molecule has 1 aliphatic rings. The van der Waals surface area contributed by atoms with Crippen LogP contribution in [0.15, 0.2) is 31.0 Å². The van der Waals surface area contributed by atoms with Gasteiger partial charge in [0.05, 0.1) is 0 Å². The Hall–Kier alpha value is -2.08. The summed E-state index contributed by atoms with van der Waals surface area (Å²) in [5.74, 6) is -0.124. The van der Waals surface area contributed by atoms with Crippen LogP contribution in [0.4, 0.5) is 4.79 Å². The number of amides is 2. The first-order valence-corrected chi connectivity index (χ1v) is 9.44. The molecule has 1 aromatic heterocycles. The number of hydrogen-bond acceptors (Lipinski definition) is 4. The number of likely N-dealkylation sites (N-methyl/N-ethyl adjacent to an activating group) is 1. The van der Waals surface area contributed by atoms with Gasteiger partial charge in [0.1, 0.15) is 16.3 Å². The average molecular weight is 394 g/mol. The molecule has 0 N–H and O–H groups in total. The van der Waals surface area contributed by atoms with E-state index in [9.17, 15) is 9.59 Å². The summed E-state index contributed by atoms with van der Waals surface area (Å²) in [6.07, 6.45) is 4.59. The molecule has 0 bridgehead atoms. The standard InChI is InChI=1S/C20H28ClN3O3/c1-6-10-20(11-7-12-24(20)18(26)27-19(2,3)4)17(25)23(5)14-15-8-9-16(21)22-13-15/h6,8-9,13H,1,7,10-12,14H2,2-5H3. The van der Waals surface area contributed by atoms with E-state index in [-0.39, 0.29) is 5.91 Å². The van der Waals surface area contributed by atoms with Crippen molar-refractivity contribution in [2.75, 3.05) is 13.6 Å². The molecule has 1 saturated heterocycles. The van der Waals surface area contributed by atoms with Crippen LogP contribution in [0, 0.1) is 0 Å². The van der Waals surface area contributed by atoms with Crippen molar-refractivity contribution < 1.29 is 14.3 Å². The van der Waals surface area contributed by atoms with Gasteiger partial charge in [-0.25, -0.2) is 9.78 Å². The summed E-state index contributed by atoms with van der Waals surface area (Å²) in [4.78, 5) is 33.4. The van der Waals surface area contributed by atoms with E-state index in [0.717, 1.165) is 12.0 Å². The second-order valence-corrected chi connectivity index (χ2v) is 8.30. The highest BCUT2D eigenvalue weighted by atomic mass is 35.5. The van der Waals surface area contributed by atoms with Gasteiger partial charge < -0.3 is 9.64 Å². The summed E-state index contributed by atoms with van der Waals surface area (Å²) in [6.45, 7) is 10.1. The van der Waals surface area contributed by atoms with Crippen LogP contribution in [0.1, 0.15) is 45.6 Å². The molecule has 148 valence electrons. The largest absolute Gasteiger partial charge is 0.444 e. The first kappa shape index (κ1) is 21.2. The summed E-state index contributed by atoms with van der Waals surface area (Å²) < 4.78 is 5.54. The molecular formula is C20H28ClN3O3. The number of halogens is 1. The highest BCUT2D eigenvalue weighted by Gasteiger charge is 2.51. The molecule has 0 saturated carbocycles. The number of carbonyl (C=O) groups is 2. The van der Waals surface area contributed by atoms with Gasteiger partial charge in [0, 0.05) is 26.3 Å². The first-order valence-electron chi connectivity index (χ1n) is 9.06. The highest BCUT2D eigenvalue weighted by molar-refractivity contribution is 6.29. The highest BCUT2D eigenvalue weighted by Crippen LogP contribution is 2.36. The van der Waals surface area contributed by atoms with Gasteiger partial charge in [-0.1, -0.05) is 23.7 Å². The molecule has 27 heavy (non-hydrogen) atoms. The van der Waals surface area contributed by atoms with Gasteiger partial charge in [0.15, 0.2) is 0 Å². The zero-order chi connectivity index (χ0) is 20.2. The minimum Gasteiger partial charge on any atom is -0.444 e. The maximum atomic E-state index is 13.4. The number of rotatable bonds is 5. The Morgan fingerprint density at radius 2 is 2.15 bits per heavy atom. The van der Waals surface area contributed by atoms with E-state index in [4.69, 9.17) is 16.3 Å². The van der Waals surface area contributed by atoms with E-state index >= 15 is 0 Å². The van der Waals surface area contributed by atoms with Gasteiger partial charge in [0.25, 0.3) is 0 Å². The second-order valence-electron chi connectivity index (χ2n) is 7.91. The Morgan fingerprint density at radius 1 is 1.44 bits per heavy atom. The van der Waals surface area contributed by atoms with Crippen molar-refractivity contribution in [1.29, 1.82) is 0 Å². The average Bonchev–Trinajstić information content (AvgIpc) is 3.00. The molecule has 2 heterocycles. The molecule has 0 aliphatic carbocycles. The molecular weight excluding hydrogens is 366 g/mol. The van der Waals surface area contributed by atoms with Gasteiger partial charge in [-0.15, -0.1) is 6.58 Å². The number of likely N-dealkylation sites (tertiary alicyclic amines) is 1. The van der Waals surface area contributed by atoms with E-state index < -0.39 is 17.2 Å². The zero-order valence-corrected chi connectivity index (χ0v) is 17.3. The summed E-state index contributed by atoms with van der Waals surface area (Å²) in [5.41, 5.74) is -0.715. The van der Waals surface area contributed by atoms with Crippen molar-refractivity contribution in [2.24, 2.45) is 0 Å². The summed E-state index contributed by atoms with van der Waals surface area (Å²) in [6, 6.07) is 3.52. The molecule has 1 unspecified atom stereocenters. The monoisotopic (exact) mass is 393 g/mol. The molecule has 0 spiro atoms. The van der Waals surface area contributed by atoms with Crippen molar-refractivity contribution in [1.82, 2.24) is 14.8 Å². The number of carbonyl (C=O) groups excluding carboxylic acids is 2. The van der Waals surface area contributed by atoms with Crippen molar-refractivity contribution >= 4 is 23.6 Å². The summed E-state index contributed by atoms with van der Waals surface area (Å²) >= 11 is 5.82. The minimum absolute atomic E-state index is 0.124. The van der Waals surface area contributed by atoms with Crippen LogP contribution >= 0.6 is 11.6 Å². The topological polar surface area (TPSA) is 62.7 Å². The lowest BCUT2D eigenvalue weighted by atomic mass is 9.90. The molecule has 0 radical (unpaired) electrons. The van der Waals surface area contributed by atoms with E-state index in [1.165, 1.54) is 0 Å². The lowest BCUT2D eigenvalue weighted by molar-refractivity contribution is -0.141. The molecule has 6 nitrogen and oxygen atoms in total. The van der Waals surface area contributed by atoms with Crippen LogP contribution in [0.3, 0.4) is 0 Å². The van der Waals surface area contributed by atoms with Gasteiger partial charge in [0.2, 0.25) is 5.91 Å². The maximum Gasteiger partial charge on any atom is 0.411 e. The Morgan fingerprint density at radius 3 is 2.70 bits per heavy atom. The maximum absolute atomic E-state index is 13.4. The van der Waals surface area contributed by atoms with E-state index in [1.807, 2.05) is 26.8 Å². The van der Waals surface area contributed by atoms with E-state index in [1.54, 1.807) is 35.2 Å². The Bertz CT molecular complexity index is 699. The number of aromatic nitrogens is 1. The zero-order valence-electron chi connectivity index (χ0n) is 16.5. The predicted octanol–water partition coefficient (Wildman–Crippen LogP) is 4.04. The van der Waals surface area contributed by atoms with Crippen LogP contribution in [0.2, 0.25) is 5.15 Å². The van der Waals surface area contributed by atoms with Gasteiger partial charge in [-0.2, -0.15) is 0 Å². The fraction of sp³-hybridized carbons (Fsp3) is 0.550. The van der Waals surface area contributed by atoms with Crippen LogP contribution < -0.4 is 0 Å². The van der Waals surface area contributed by atoms with Crippen LogP contribution in [0.5, 0.6) is 0 Å². The third kappa shape index (κ3) is 5.01. The van der Waals surface area contributed by atoms with Gasteiger partial charge in [-0.3, -0.25) is 9.69 Å². The quantitative estimate of drug-likeness (QED) is 0.559. The third-order valence-corrected chi connectivity index (χ3v) is 4.76. The lowest BCUT2D eigenvalue weighted by Gasteiger charge is -2.39. The molecule has 2 rings (SSSR count). The predicted molar refractivity (Wildman–Crippen MR) is 105 cm³/mol. The summed E-state index contributed by atoms with van der Waals surface area (Å²) in [5, 5.41) is 0.405. The molecule has 0 aromatic carbocycles. The van der Waals surface area contributed by atoms with Crippen LogP contribution in [-0.2, 0) is 16.1 Å². The Labute approximate surface area is 166 Å². The normalized spacial score (nSPS) is 19.7. The lowest BCUT2D eigenvalue weighted by Crippen LogP contribution is -2.58. The smallest absolute Gasteiger partial charge is 0.411 e. The van der Waals surface area contributed by atoms with E-state index in [0.29, 0.717) is 31.1 Å². The SMILES string of the molecule is C=CCC1(C(=O)N(C)Cc2ccc(Cl)nc2)CCCN1C(=O)OC(C)(C)C. The van der Waals surface area contributed by atoms with Crippen molar-refractivity contribution in [3.05, 3.63) is 41.7 Å². The van der Waals surface area contributed by atoms with Crippen molar-refractivity contribution in [3.8, 4) is 0 Å². The molecule has 1 aromatic rings. The van der Waals surface area contributed by atoms with Gasteiger partial charge >= 0.3 is 6.09 Å². The fourth-order valence-electron chi connectivity index (χ4n) is 3.42. The van der Waals surface area contributed by atoms with Crippen molar-refractivity contribution in [3.63, 3.8) is 0 Å². The minimum atomic E-state index is -0.960. The van der Waals surface area contributed by atoms with Crippen molar-refractivity contribution in [2.45, 2.75) is 57.7 Å². The number of pyridine rings is 1. The number of hydrogen-bond donors (Lipinski definition) is 0. The number of nitrogens with zero attached hydrogens (tertiary/aromatic N) is 3. The van der Waals surface area contributed by atoms with Crippen LogP contribution in [-0.4, -0.2) is 51.5 Å². The fourth-order valence-corrected chi connectivity index (χ4v) is 3.54. The molecule has 2 amide bonds. The Balaban J connectivity index is 2.24. The first-order chi connectivity index (χ1) is 12.6. The molecule has 1 fully saturated rings. The van der Waals surface area contributed by atoms with E-state index in [2.05, 4.69) is 11.6 Å². The van der Waals surface area contributed by atoms with Gasteiger partial charge in [-0.05, 0) is 51.7 Å². The molecule has 1 aliphatic heterocycles. The second kappa shape index (κ2) is 8.30. The van der Waals surface area contributed by atoms with Crippen LogP contribution in [0.25, 0.3) is 0 Å².